The average molecular weight is 324 g/mol. The molecule has 1 unspecified atom stereocenters. The lowest BCUT2D eigenvalue weighted by molar-refractivity contribution is -0.114. The third-order valence-electron chi connectivity index (χ3n) is 3.63. The summed E-state index contributed by atoms with van der Waals surface area (Å²) in [6.07, 6.45) is 3.13. The summed E-state index contributed by atoms with van der Waals surface area (Å²) in [5.41, 5.74) is 1.21. The summed E-state index contributed by atoms with van der Waals surface area (Å²) in [7, 11) is 0. The summed E-state index contributed by atoms with van der Waals surface area (Å²) >= 11 is 3.38. The third-order valence-corrected chi connectivity index (χ3v) is 4.13. The van der Waals surface area contributed by atoms with Crippen LogP contribution in [-0.2, 0) is 9.53 Å². The van der Waals surface area contributed by atoms with Gasteiger partial charge >= 0.3 is 0 Å². The predicted octanol–water partition coefficient (Wildman–Crippen LogP) is 2.55. The number of rotatable bonds is 3. The molecule has 19 heavy (non-hydrogen) atoms. The molecule has 0 aliphatic carbocycles. The van der Waals surface area contributed by atoms with Gasteiger partial charge in [0.25, 0.3) is 11.7 Å². The molecule has 4 nitrogen and oxygen atoms in total. The van der Waals surface area contributed by atoms with Crippen LogP contribution in [0.2, 0.25) is 0 Å². The van der Waals surface area contributed by atoms with Crippen molar-refractivity contribution in [1.29, 1.82) is 0 Å². The van der Waals surface area contributed by atoms with Crippen LogP contribution in [0.25, 0.3) is 0 Å². The van der Waals surface area contributed by atoms with Crippen molar-refractivity contribution >= 4 is 33.3 Å². The van der Waals surface area contributed by atoms with E-state index in [1.165, 1.54) is 0 Å². The van der Waals surface area contributed by atoms with Crippen LogP contribution in [0.3, 0.4) is 0 Å². The van der Waals surface area contributed by atoms with Crippen LogP contribution in [0.1, 0.15) is 29.6 Å². The van der Waals surface area contributed by atoms with Crippen LogP contribution in [0.5, 0.6) is 0 Å². The molecule has 1 saturated heterocycles. The predicted molar refractivity (Wildman–Crippen MR) is 74.4 cm³/mol. The molecule has 0 saturated carbocycles. The fourth-order valence-corrected chi connectivity index (χ4v) is 2.98. The number of amides is 1. The highest BCUT2D eigenvalue weighted by Gasteiger charge is 2.36. The van der Waals surface area contributed by atoms with Gasteiger partial charge in [0, 0.05) is 17.6 Å². The van der Waals surface area contributed by atoms with E-state index in [0.29, 0.717) is 17.8 Å². The quantitative estimate of drug-likeness (QED) is 0.803. The molecule has 5 heteroatoms. The number of ketones is 1. The van der Waals surface area contributed by atoms with Gasteiger partial charge in [-0.05, 0) is 37.5 Å². The lowest BCUT2D eigenvalue weighted by atomic mass is 10.1. The van der Waals surface area contributed by atoms with Gasteiger partial charge in [-0.15, -0.1) is 0 Å². The van der Waals surface area contributed by atoms with Crippen LogP contribution in [-0.4, -0.2) is 30.9 Å². The smallest absolute Gasteiger partial charge is 0.299 e. The van der Waals surface area contributed by atoms with Gasteiger partial charge < -0.3 is 9.64 Å². The largest absolute Gasteiger partial charge is 0.378 e. The number of carbonyl (C=O) groups excluding carboxylic acids is 2. The first-order valence-corrected chi connectivity index (χ1v) is 7.23. The minimum atomic E-state index is -0.425. The monoisotopic (exact) mass is 323 g/mol. The van der Waals surface area contributed by atoms with Crippen molar-refractivity contribution in [2.75, 3.05) is 18.1 Å². The van der Waals surface area contributed by atoms with E-state index < -0.39 is 11.7 Å². The van der Waals surface area contributed by atoms with Crippen LogP contribution in [0.4, 0.5) is 5.69 Å². The van der Waals surface area contributed by atoms with Crippen LogP contribution >= 0.6 is 15.9 Å². The minimum Gasteiger partial charge on any atom is -0.378 e. The normalized spacial score (nSPS) is 22.2. The Kier molecular flexibility index (Phi) is 3.41. The molecule has 1 atom stereocenters. The zero-order valence-electron chi connectivity index (χ0n) is 10.4. The zero-order chi connectivity index (χ0) is 13.4. The Morgan fingerprint density at radius 1 is 1.37 bits per heavy atom. The molecular weight excluding hydrogens is 310 g/mol. The van der Waals surface area contributed by atoms with E-state index in [2.05, 4.69) is 15.9 Å². The molecule has 3 rings (SSSR count). The fourth-order valence-electron chi connectivity index (χ4n) is 2.63. The Morgan fingerprint density at radius 2 is 2.21 bits per heavy atom. The van der Waals surface area contributed by atoms with Crippen molar-refractivity contribution in [2.45, 2.75) is 25.4 Å². The highest BCUT2D eigenvalue weighted by molar-refractivity contribution is 9.10. The summed E-state index contributed by atoms with van der Waals surface area (Å²) < 4.78 is 6.43. The number of nitrogens with zero attached hydrogens (tertiary/aromatic N) is 1. The van der Waals surface area contributed by atoms with Gasteiger partial charge in [-0.3, -0.25) is 9.59 Å². The highest BCUT2D eigenvalue weighted by Crippen LogP contribution is 2.32. The molecule has 0 aromatic heterocycles. The molecule has 100 valence electrons. The van der Waals surface area contributed by atoms with Gasteiger partial charge in [-0.2, -0.15) is 0 Å². The highest BCUT2D eigenvalue weighted by atomic mass is 79.9. The van der Waals surface area contributed by atoms with E-state index in [0.717, 1.165) is 30.3 Å². The Morgan fingerprint density at radius 3 is 2.95 bits per heavy atom. The molecule has 2 heterocycles. The first-order valence-electron chi connectivity index (χ1n) is 6.44. The lowest BCUT2D eigenvalue weighted by Gasteiger charge is -2.18. The number of anilines is 1. The Balaban J connectivity index is 1.79. The van der Waals surface area contributed by atoms with Crippen LogP contribution in [0, 0.1) is 0 Å². The maximum atomic E-state index is 12.0. The molecule has 2 aliphatic heterocycles. The number of hydrogen-bond donors (Lipinski definition) is 0. The van der Waals surface area contributed by atoms with Gasteiger partial charge in [0.05, 0.1) is 17.4 Å². The van der Waals surface area contributed by atoms with E-state index in [1.807, 2.05) is 6.07 Å². The van der Waals surface area contributed by atoms with Crippen LogP contribution in [0.15, 0.2) is 22.7 Å². The van der Waals surface area contributed by atoms with Gasteiger partial charge in [0.1, 0.15) is 0 Å². The lowest BCUT2D eigenvalue weighted by Crippen LogP contribution is -2.32. The standard InChI is InChI=1S/C14H14BrNO3/c15-9-3-4-11-12(8-9)16(14(18)13(11)17)6-5-10-2-1-7-19-10/h3-4,8,10H,1-2,5-7H2. The van der Waals surface area contributed by atoms with E-state index in [9.17, 15) is 9.59 Å². The molecule has 1 fully saturated rings. The van der Waals surface area contributed by atoms with Crippen molar-refractivity contribution in [1.82, 2.24) is 0 Å². The van der Waals surface area contributed by atoms with Crippen molar-refractivity contribution in [3.63, 3.8) is 0 Å². The zero-order valence-corrected chi connectivity index (χ0v) is 12.0. The van der Waals surface area contributed by atoms with Gasteiger partial charge in [0.15, 0.2) is 0 Å². The first-order chi connectivity index (χ1) is 9.16. The molecule has 0 radical (unpaired) electrons. The van der Waals surface area contributed by atoms with Crippen molar-refractivity contribution in [3.8, 4) is 0 Å². The topological polar surface area (TPSA) is 46.6 Å². The van der Waals surface area contributed by atoms with Gasteiger partial charge in [0.2, 0.25) is 0 Å². The van der Waals surface area contributed by atoms with E-state index >= 15 is 0 Å². The Bertz CT molecular complexity index is 537. The molecule has 1 aromatic rings. The molecule has 2 aliphatic rings. The molecule has 0 N–H and O–H groups in total. The molecule has 1 amide bonds. The first kappa shape index (κ1) is 12.8. The second-order valence-electron chi connectivity index (χ2n) is 4.87. The number of carbonyl (C=O) groups is 2. The number of halogens is 1. The summed E-state index contributed by atoms with van der Waals surface area (Å²) in [4.78, 5) is 25.4. The Hall–Kier alpha value is -1.20. The minimum absolute atomic E-state index is 0.221. The maximum absolute atomic E-state index is 12.0. The summed E-state index contributed by atoms with van der Waals surface area (Å²) in [5.74, 6) is -0.832. The molecule has 0 spiro atoms. The van der Waals surface area contributed by atoms with Crippen LogP contribution < -0.4 is 4.90 Å². The van der Waals surface area contributed by atoms with E-state index in [4.69, 9.17) is 4.74 Å². The maximum Gasteiger partial charge on any atom is 0.299 e. The Labute approximate surface area is 119 Å². The van der Waals surface area contributed by atoms with Crippen molar-refractivity contribution < 1.29 is 14.3 Å². The fraction of sp³-hybridized carbons (Fsp3) is 0.429. The van der Waals surface area contributed by atoms with E-state index in [-0.39, 0.29) is 6.10 Å². The number of Topliss-reactive ketones (excluding diaryl/α,β-unsaturated/α-hetero) is 1. The van der Waals surface area contributed by atoms with Gasteiger partial charge in [-0.1, -0.05) is 15.9 Å². The summed E-state index contributed by atoms with van der Waals surface area (Å²) in [6, 6.07) is 5.31. The number of hydrogen-bond acceptors (Lipinski definition) is 3. The number of benzene rings is 1. The summed E-state index contributed by atoms with van der Waals surface area (Å²) in [6.45, 7) is 1.35. The average Bonchev–Trinajstić information content (AvgIpc) is 2.98. The second-order valence-corrected chi connectivity index (χ2v) is 5.79. The summed E-state index contributed by atoms with van der Waals surface area (Å²) in [5, 5.41) is 0. The SMILES string of the molecule is O=C1C(=O)N(CCC2CCCO2)c2cc(Br)ccc21. The van der Waals surface area contributed by atoms with Crippen molar-refractivity contribution in [2.24, 2.45) is 0 Å². The number of ether oxygens (including phenoxy) is 1. The van der Waals surface area contributed by atoms with E-state index in [1.54, 1.807) is 17.0 Å². The van der Waals surface area contributed by atoms with Crippen molar-refractivity contribution in [3.05, 3.63) is 28.2 Å². The second kappa shape index (κ2) is 5.06. The third kappa shape index (κ3) is 2.32. The molecule has 0 bridgehead atoms. The number of fused-ring (bicyclic) bond motifs is 1. The van der Waals surface area contributed by atoms with Gasteiger partial charge in [-0.25, -0.2) is 0 Å². The molecule has 1 aromatic carbocycles. The molecular formula is C14H14BrNO3.